The maximum absolute atomic E-state index is 5.66. The zero-order valence-electron chi connectivity index (χ0n) is 9.61. The van der Waals surface area contributed by atoms with Crippen LogP contribution in [0.1, 0.15) is 12.5 Å². The molecular formula is C11H11Br2N3OS. The van der Waals surface area contributed by atoms with Crippen LogP contribution in [0.25, 0.3) is 0 Å². The summed E-state index contributed by atoms with van der Waals surface area (Å²) >= 11 is 8.33. The number of hydrogen-bond donors (Lipinski definition) is 1. The molecule has 4 nitrogen and oxygen atoms in total. The molecule has 1 aromatic heterocycles. The lowest BCUT2D eigenvalue weighted by Crippen LogP contribution is -2.03. The molecule has 0 bridgehead atoms. The van der Waals surface area contributed by atoms with Crippen molar-refractivity contribution < 1.29 is 4.74 Å². The maximum Gasteiger partial charge on any atom is 0.138 e. The van der Waals surface area contributed by atoms with Crippen LogP contribution < -0.4 is 10.1 Å². The summed E-state index contributed by atoms with van der Waals surface area (Å²) in [6.45, 7) is 3.27. The standard InChI is InChI=1S/C11H11Br2N3OS/c1-2-17-11-7(3-8(12)4-9(11)13)5-14-10-6-15-16-18-10/h3-4,6,14H,2,5H2,1H3. The van der Waals surface area contributed by atoms with Gasteiger partial charge in [0.15, 0.2) is 0 Å². The van der Waals surface area contributed by atoms with Gasteiger partial charge < -0.3 is 10.1 Å². The number of aromatic nitrogens is 2. The second-order valence-electron chi connectivity index (χ2n) is 3.44. The van der Waals surface area contributed by atoms with E-state index in [-0.39, 0.29) is 0 Å². The Morgan fingerprint density at radius 1 is 1.39 bits per heavy atom. The van der Waals surface area contributed by atoms with Gasteiger partial charge in [0.25, 0.3) is 0 Å². The number of hydrogen-bond acceptors (Lipinski definition) is 5. The fourth-order valence-corrected chi connectivity index (χ4v) is 3.32. The summed E-state index contributed by atoms with van der Waals surface area (Å²) < 4.78 is 11.4. The van der Waals surface area contributed by atoms with E-state index in [0.717, 1.165) is 25.3 Å². The van der Waals surface area contributed by atoms with Gasteiger partial charge in [0.05, 0.1) is 17.3 Å². The number of rotatable bonds is 5. The maximum atomic E-state index is 5.66. The molecule has 0 saturated carbocycles. The molecule has 0 atom stereocenters. The monoisotopic (exact) mass is 391 g/mol. The van der Waals surface area contributed by atoms with Gasteiger partial charge >= 0.3 is 0 Å². The highest BCUT2D eigenvalue weighted by Crippen LogP contribution is 2.33. The molecule has 0 fully saturated rings. The minimum Gasteiger partial charge on any atom is -0.492 e. The molecule has 0 unspecified atom stereocenters. The van der Waals surface area contributed by atoms with E-state index in [4.69, 9.17) is 4.74 Å². The first-order chi connectivity index (χ1) is 8.70. The van der Waals surface area contributed by atoms with Crippen molar-refractivity contribution in [1.29, 1.82) is 0 Å². The third-order valence-electron chi connectivity index (χ3n) is 2.19. The van der Waals surface area contributed by atoms with Gasteiger partial charge in [-0.15, -0.1) is 5.10 Å². The van der Waals surface area contributed by atoms with Gasteiger partial charge in [0.2, 0.25) is 0 Å². The lowest BCUT2D eigenvalue weighted by atomic mass is 10.2. The molecule has 0 aliphatic carbocycles. The number of nitrogens with zero attached hydrogens (tertiary/aromatic N) is 2. The molecule has 18 heavy (non-hydrogen) atoms. The van der Waals surface area contributed by atoms with Gasteiger partial charge in [-0.1, -0.05) is 20.4 Å². The first-order valence-corrected chi connectivity index (χ1v) is 7.68. The van der Waals surface area contributed by atoms with E-state index in [1.54, 1.807) is 6.20 Å². The third-order valence-corrected chi connectivity index (χ3v) is 3.86. The van der Waals surface area contributed by atoms with Crippen LogP contribution in [0.3, 0.4) is 0 Å². The van der Waals surface area contributed by atoms with Crippen molar-refractivity contribution in [2.24, 2.45) is 0 Å². The van der Waals surface area contributed by atoms with Gasteiger partial charge in [-0.25, -0.2) is 0 Å². The highest BCUT2D eigenvalue weighted by Gasteiger charge is 2.10. The number of anilines is 1. The fraction of sp³-hybridized carbons (Fsp3) is 0.273. The van der Waals surface area contributed by atoms with Gasteiger partial charge in [-0.2, -0.15) is 0 Å². The van der Waals surface area contributed by atoms with Gasteiger partial charge in [0.1, 0.15) is 10.8 Å². The van der Waals surface area contributed by atoms with Crippen molar-refractivity contribution >= 4 is 48.4 Å². The predicted octanol–water partition coefficient (Wildman–Crippen LogP) is 4.07. The summed E-state index contributed by atoms with van der Waals surface area (Å²) in [6, 6.07) is 4.01. The molecule has 1 N–H and O–H groups in total. The lowest BCUT2D eigenvalue weighted by molar-refractivity contribution is 0.334. The van der Waals surface area contributed by atoms with E-state index in [2.05, 4.69) is 46.8 Å². The first kappa shape index (κ1) is 13.8. The summed E-state index contributed by atoms with van der Waals surface area (Å²) in [6.07, 6.45) is 1.71. The summed E-state index contributed by atoms with van der Waals surface area (Å²) in [5.41, 5.74) is 1.08. The lowest BCUT2D eigenvalue weighted by Gasteiger charge is -2.13. The minimum absolute atomic E-state index is 0.634. The predicted molar refractivity (Wildman–Crippen MR) is 80.2 cm³/mol. The van der Waals surface area contributed by atoms with E-state index < -0.39 is 0 Å². The van der Waals surface area contributed by atoms with Crippen molar-refractivity contribution in [3.05, 3.63) is 32.8 Å². The number of nitrogens with one attached hydrogen (secondary N) is 1. The van der Waals surface area contributed by atoms with Crippen LogP contribution in [0.2, 0.25) is 0 Å². The van der Waals surface area contributed by atoms with Gasteiger partial charge in [-0.3, -0.25) is 0 Å². The van der Waals surface area contributed by atoms with Crippen LogP contribution in [-0.4, -0.2) is 16.2 Å². The first-order valence-electron chi connectivity index (χ1n) is 5.32. The SMILES string of the molecule is CCOc1c(Br)cc(Br)cc1CNc1cnns1. The summed E-state index contributed by atoms with van der Waals surface area (Å²) in [7, 11) is 0. The normalized spacial score (nSPS) is 10.4. The number of ether oxygens (including phenoxy) is 1. The van der Waals surface area contributed by atoms with Gasteiger partial charge in [0, 0.05) is 28.1 Å². The van der Waals surface area contributed by atoms with E-state index in [1.165, 1.54) is 11.5 Å². The Morgan fingerprint density at radius 3 is 2.89 bits per heavy atom. The second kappa shape index (κ2) is 6.49. The smallest absolute Gasteiger partial charge is 0.138 e. The molecule has 7 heteroatoms. The molecule has 1 aromatic carbocycles. The van der Waals surface area contributed by atoms with Crippen LogP contribution in [0.5, 0.6) is 5.75 Å². The quantitative estimate of drug-likeness (QED) is 0.832. The van der Waals surface area contributed by atoms with E-state index in [1.807, 2.05) is 19.1 Å². The van der Waals surface area contributed by atoms with Crippen molar-refractivity contribution in [2.75, 3.05) is 11.9 Å². The molecule has 1 heterocycles. The minimum atomic E-state index is 0.634. The molecule has 96 valence electrons. The van der Waals surface area contributed by atoms with Crippen LogP contribution >= 0.6 is 43.4 Å². The van der Waals surface area contributed by atoms with Crippen LogP contribution in [0.4, 0.5) is 5.00 Å². The molecule has 2 aromatic rings. The van der Waals surface area contributed by atoms with Crippen LogP contribution in [0, 0.1) is 0 Å². The van der Waals surface area contributed by atoms with Crippen molar-refractivity contribution in [3.63, 3.8) is 0 Å². The van der Waals surface area contributed by atoms with Crippen LogP contribution in [0.15, 0.2) is 27.3 Å². The summed E-state index contributed by atoms with van der Waals surface area (Å²) in [5, 5.41) is 7.99. The fourth-order valence-electron chi connectivity index (χ4n) is 1.48. The van der Waals surface area contributed by atoms with E-state index in [9.17, 15) is 0 Å². The second-order valence-corrected chi connectivity index (χ2v) is 6.00. The Morgan fingerprint density at radius 2 is 2.22 bits per heavy atom. The van der Waals surface area contributed by atoms with Crippen molar-refractivity contribution in [3.8, 4) is 5.75 Å². The molecule has 0 spiro atoms. The Hall–Kier alpha value is -0.660. The molecule has 0 saturated heterocycles. The Bertz CT molecular complexity index is 519. The van der Waals surface area contributed by atoms with Crippen LogP contribution in [-0.2, 0) is 6.54 Å². The van der Waals surface area contributed by atoms with E-state index in [0.29, 0.717) is 13.2 Å². The summed E-state index contributed by atoms with van der Waals surface area (Å²) in [4.78, 5) is 0. The Balaban J connectivity index is 2.19. The highest BCUT2D eigenvalue weighted by molar-refractivity contribution is 9.11. The van der Waals surface area contributed by atoms with Crippen molar-refractivity contribution in [1.82, 2.24) is 9.59 Å². The largest absolute Gasteiger partial charge is 0.492 e. The Labute approximate surface area is 126 Å². The number of benzene rings is 1. The highest BCUT2D eigenvalue weighted by atomic mass is 79.9. The number of halogens is 2. The molecule has 0 radical (unpaired) electrons. The molecule has 0 amide bonds. The zero-order chi connectivity index (χ0) is 13.0. The van der Waals surface area contributed by atoms with Gasteiger partial charge in [-0.05, 0) is 35.0 Å². The third kappa shape index (κ3) is 3.43. The average Bonchev–Trinajstić information content (AvgIpc) is 2.83. The Kier molecular flexibility index (Phi) is 4.96. The average molecular weight is 393 g/mol. The molecular weight excluding hydrogens is 382 g/mol. The molecule has 0 aliphatic heterocycles. The molecule has 0 aliphatic rings. The summed E-state index contributed by atoms with van der Waals surface area (Å²) in [5.74, 6) is 0.866. The van der Waals surface area contributed by atoms with Crippen molar-refractivity contribution in [2.45, 2.75) is 13.5 Å². The van der Waals surface area contributed by atoms with E-state index >= 15 is 0 Å². The topological polar surface area (TPSA) is 47.0 Å². The zero-order valence-corrected chi connectivity index (χ0v) is 13.6. The molecule has 2 rings (SSSR count).